The molecule has 0 unspecified atom stereocenters. The second-order valence-electron chi connectivity index (χ2n) is 6.98. The zero-order valence-electron chi connectivity index (χ0n) is 16.6. The summed E-state index contributed by atoms with van der Waals surface area (Å²) in [6, 6.07) is 13.8. The Morgan fingerprint density at radius 3 is 2.41 bits per heavy atom. The van der Waals surface area contributed by atoms with Crippen molar-refractivity contribution >= 4 is 39.3 Å². The topological polar surface area (TPSA) is 67.4 Å². The highest BCUT2D eigenvalue weighted by molar-refractivity contribution is 9.10. The zero-order chi connectivity index (χ0) is 21.2. The molecule has 0 saturated carbocycles. The van der Waals surface area contributed by atoms with E-state index < -0.39 is 6.04 Å². The number of amides is 2. The molecule has 5 nitrogen and oxygen atoms in total. The molecule has 0 aliphatic heterocycles. The van der Waals surface area contributed by atoms with Crippen molar-refractivity contribution in [3.8, 4) is 5.75 Å². The number of carbonyl (C=O) groups is 2. The first-order valence-corrected chi connectivity index (χ1v) is 10.8. The van der Waals surface area contributed by atoms with Gasteiger partial charge in [-0.25, -0.2) is 0 Å². The van der Waals surface area contributed by atoms with E-state index in [1.54, 1.807) is 30.3 Å². The first-order chi connectivity index (χ1) is 13.9. The number of hydrogen-bond donors (Lipinski definition) is 2. The summed E-state index contributed by atoms with van der Waals surface area (Å²) in [5.74, 6) is 0.282. The third-order valence-electron chi connectivity index (χ3n) is 4.31. The summed E-state index contributed by atoms with van der Waals surface area (Å²) in [4.78, 5) is 25.1. The van der Waals surface area contributed by atoms with Gasteiger partial charge in [-0.05, 0) is 71.1 Å². The van der Waals surface area contributed by atoms with Crippen LogP contribution in [-0.2, 0) is 4.79 Å². The van der Waals surface area contributed by atoms with Crippen LogP contribution in [0.25, 0.3) is 0 Å². The molecule has 2 aromatic carbocycles. The molecule has 0 spiro atoms. The van der Waals surface area contributed by atoms with Crippen LogP contribution >= 0.6 is 27.5 Å². The fourth-order valence-corrected chi connectivity index (χ4v) is 3.26. The predicted molar refractivity (Wildman–Crippen MR) is 119 cm³/mol. The molecule has 0 aromatic heterocycles. The molecule has 0 aliphatic rings. The van der Waals surface area contributed by atoms with Crippen molar-refractivity contribution in [3.05, 3.63) is 63.6 Å². The van der Waals surface area contributed by atoms with Gasteiger partial charge in [0.2, 0.25) is 5.91 Å². The molecular formula is C22H26BrClN2O3. The van der Waals surface area contributed by atoms with E-state index in [-0.39, 0.29) is 17.7 Å². The summed E-state index contributed by atoms with van der Waals surface area (Å²) in [6.45, 7) is 4.90. The Morgan fingerprint density at radius 1 is 1.07 bits per heavy atom. The molecule has 2 amide bonds. The van der Waals surface area contributed by atoms with Gasteiger partial charge in [-0.2, -0.15) is 0 Å². The summed E-state index contributed by atoms with van der Waals surface area (Å²) >= 11 is 9.21. The third kappa shape index (κ3) is 7.71. The highest BCUT2D eigenvalue weighted by Gasteiger charge is 2.24. The summed E-state index contributed by atoms with van der Waals surface area (Å²) in [5, 5.41) is 6.41. The number of ether oxygens (including phenoxy) is 1. The number of hydrogen-bond acceptors (Lipinski definition) is 3. The molecule has 0 saturated heterocycles. The Bertz CT molecular complexity index is 812. The predicted octanol–water partition coefficient (Wildman–Crippen LogP) is 4.83. The summed E-state index contributed by atoms with van der Waals surface area (Å²) < 4.78 is 6.33. The van der Waals surface area contributed by atoms with Crippen molar-refractivity contribution in [1.29, 1.82) is 0 Å². The molecule has 0 heterocycles. The minimum absolute atomic E-state index is 0.0327. The molecule has 0 radical (unpaired) electrons. The summed E-state index contributed by atoms with van der Waals surface area (Å²) in [7, 11) is 0. The van der Waals surface area contributed by atoms with Crippen LogP contribution in [0.4, 0.5) is 0 Å². The van der Waals surface area contributed by atoms with Crippen LogP contribution in [0.1, 0.15) is 37.0 Å². The molecule has 2 aromatic rings. The molecule has 0 aliphatic carbocycles. The number of halogens is 2. The largest absolute Gasteiger partial charge is 0.494 e. The van der Waals surface area contributed by atoms with Crippen LogP contribution in [0.2, 0.25) is 5.02 Å². The van der Waals surface area contributed by atoms with Crippen LogP contribution in [0.15, 0.2) is 53.0 Å². The lowest BCUT2D eigenvalue weighted by molar-refractivity contribution is -0.123. The lowest BCUT2D eigenvalue weighted by atomic mass is 10.0. The molecular weight excluding hydrogens is 456 g/mol. The number of nitrogens with one attached hydrogen (secondary N) is 2. The lowest BCUT2D eigenvalue weighted by Crippen LogP contribution is -2.50. The Hall–Kier alpha value is -2.05. The average molecular weight is 482 g/mol. The second kappa shape index (κ2) is 11.8. The maximum absolute atomic E-state index is 12.5. The van der Waals surface area contributed by atoms with Crippen molar-refractivity contribution < 1.29 is 14.3 Å². The Morgan fingerprint density at radius 2 is 1.76 bits per heavy atom. The first-order valence-electron chi connectivity index (χ1n) is 9.60. The van der Waals surface area contributed by atoms with Crippen molar-refractivity contribution in [2.75, 3.05) is 13.2 Å². The van der Waals surface area contributed by atoms with E-state index in [0.717, 1.165) is 18.6 Å². The summed E-state index contributed by atoms with van der Waals surface area (Å²) in [5.41, 5.74) is 0.505. The van der Waals surface area contributed by atoms with E-state index in [2.05, 4.69) is 26.6 Å². The van der Waals surface area contributed by atoms with Gasteiger partial charge in [0.1, 0.15) is 11.8 Å². The van der Waals surface area contributed by atoms with Gasteiger partial charge in [-0.3, -0.25) is 9.59 Å². The van der Waals surface area contributed by atoms with Crippen LogP contribution in [0.3, 0.4) is 0 Å². The van der Waals surface area contributed by atoms with Gasteiger partial charge in [-0.1, -0.05) is 37.6 Å². The SMILES string of the molecule is CC(C)[C@@H](NC(=O)c1ccccc1Br)C(=O)NCCCCOc1ccc(Cl)cc1. The number of rotatable bonds is 10. The van der Waals surface area contributed by atoms with Crippen molar-refractivity contribution in [2.45, 2.75) is 32.7 Å². The van der Waals surface area contributed by atoms with Gasteiger partial charge in [0.25, 0.3) is 5.91 Å². The van der Waals surface area contributed by atoms with Gasteiger partial charge in [0, 0.05) is 16.0 Å². The van der Waals surface area contributed by atoms with E-state index in [1.807, 2.05) is 32.0 Å². The van der Waals surface area contributed by atoms with E-state index >= 15 is 0 Å². The molecule has 7 heteroatoms. The number of carbonyl (C=O) groups excluding carboxylic acids is 2. The Balaban J connectivity index is 1.74. The van der Waals surface area contributed by atoms with E-state index in [1.165, 1.54) is 0 Å². The zero-order valence-corrected chi connectivity index (χ0v) is 18.9. The molecule has 1 atom stereocenters. The average Bonchev–Trinajstić information content (AvgIpc) is 2.69. The van der Waals surface area contributed by atoms with Crippen molar-refractivity contribution in [2.24, 2.45) is 5.92 Å². The van der Waals surface area contributed by atoms with E-state index in [9.17, 15) is 9.59 Å². The van der Waals surface area contributed by atoms with Gasteiger partial charge in [0.05, 0.1) is 12.2 Å². The van der Waals surface area contributed by atoms with Crippen molar-refractivity contribution in [1.82, 2.24) is 10.6 Å². The fourth-order valence-electron chi connectivity index (χ4n) is 2.67. The Labute approximate surface area is 185 Å². The number of unbranched alkanes of at least 4 members (excludes halogenated alkanes) is 1. The van der Waals surface area contributed by atoms with Crippen LogP contribution in [0, 0.1) is 5.92 Å². The molecule has 2 N–H and O–H groups in total. The van der Waals surface area contributed by atoms with Gasteiger partial charge < -0.3 is 15.4 Å². The lowest BCUT2D eigenvalue weighted by Gasteiger charge is -2.22. The number of benzene rings is 2. The standard InChI is InChI=1S/C22H26BrClN2O3/c1-15(2)20(26-21(27)18-7-3-4-8-19(18)23)22(28)25-13-5-6-14-29-17-11-9-16(24)10-12-17/h3-4,7-12,15,20H,5-6,13-14H2,1-2H3,(H,25,28)(H,26,27)/t20-/m1/s1. The quantitative estimate of drug-likeness (QED) is 0.478. The highest BCUT2D eigenvalue weighted by atomic mass is 79.9. The Kier molecular flexibility index (Phi) is 9.48. The van der Waals surface area contributed by atoms with Gasteiger partial charge in [-0.15, -0.1) is 0 Å². The van der Waals surface area contributed by atoms with Gasteiger partial charge in [0.15, 0.2) is 0 Å². The first kappa shape index (κ1) is 23.2. The van der Waals surface area contributed by atoms with Crippen LogP contribution < -0.4 is 15.4 Å². The van der Waals surface area contributed by atoms with Gasteiger partial charge >= 0.3 is 0 Å². The van der Waals surface area contributed by atoms with Crippen LogP contribution in [0.5, 0.6) is 5.75 Å². The molecule has 0 bridgehead atoms. The molecule has 2 rings (SSSR count). The monoisotopic (exact) mass is 480 g/mol. The van der Waals surface area contributed by atoms with Crippen molar-refractivity contribution in [3.63, 3.8) is 0 Å². The van der Waals surface area contributed by atoms with E-state index in [0.29, 0.717) is 28.2 Å². The summed E-state index contributed by atoms with van der Waals surface area (Å²) in [6.07, 6.45) is 1.58. The maximum atomic E-state index is 12.5. The normalized spacial score (nSPS) is 11.8. The van der Waals surface area contributed by atoms with Crippen LogP contribution in [-0.4, -0.2) is 31.0 Å². The molecule has 0 fully saturated rings. The third-order valence-corrected chi connectivity index (χ3v) is 5.25. The molecule has 29 heavy (non-hydrogen) atoms. The highest BCUT2D eigenvalue weighted by Crippen LogP contribution is 2.17. The minimum atomic E-state index is -0.597. The molecule has 156 valence electrons. The van der Waals surface area contributed by atoms with E-state index in [4.69, 9.17) is 16.3 Å². The second-order valence-corrected chi connectivity index (χ2v) is 8.27. The maximum Gasteiger partial charge on any atom is 0.253 e. The smallest absolute Gasteiger partial charge is 0.253 e. The fraction of sp³-hybridized carbons (Fsp3) is 0.364. The minimum Gasteiger partial charge on any atom is -0.494 e.